The van der Waals surface area contributed by atoms with Gasteiger partial charge >= 0.3 is 0 Å². The molecule has 94 valence electrons. The maximum Gasteiger partial charge on any atom is 0.231 e. The van der Waals surface area contributed by atoms with Gasteiger partial charge in [-0.25, -0.2) is 0 Å². The lowest BCUT2D eigenvalue weighted by Gasteiger charge is -2.15. The van der Waals surface area contributed by atoms with E-state index in [0.29, 0.717) is 12.7 Å². The zero-order valence-corrected chi connectivity index (χ0v) is 11.8. The number of rotatable bonds is 4. The second kappa shape index (κ2) is 5.27. The quantitative estimate of drug-likeness (QED) is 0.923. The minimum Gasteiger partial charge on any atom is -0.454 e. The van der Waals surface area contributed by atoms with Crippen molar-refractivity contribution in [2.45, 2.75) is 32.7 Å². The lowest BCUT2D eigenvalue weighted by molar-refractivity contribution is 0.174. The lowest BCUT2D eigenvalue weighted by atomic mass is 9.98. The van der Waals surface area contributed by atoms with Crippen LogP contribution < -0.4 is 15.2 Å². The number of hydrogen-bond donors (Lipinski definition) is 1. The second-order valence-electron chi connectivity index (χ2n) is 4.80. The highest BCUT2D eigenvalue weighted by molar-refractivity contribution is 9.10. The van der Waals surface area contributed by atoms with E-state index in [-0.39, 0.29) is 6.04 Å². The van der Waals surface area contributed by atoms with Gasteiger partial charge < -0.3 is 15.2 Å². The Morgan fingerprint density at radius 1 is 1.24 bits per heavy atom. The summed E-state index contributed by atoms with van der Waals surface area (Å²) in [6, 6.07) is 3.96. The molecule has 1 aromatic rings. The van der Waals surface area contributed by atoms with E-state index in [2.05, 4.69) is 29.8 Å². The van der Waals surface area contributed by atoms with Crippen molar-refractivity contribution in [3.8, 4) is 11.5 Å². The Bertz CT molecular complexity index is 407. The van der Waals surface area contributed by atoms with Crippen LogP contribution in [0.25, 0.3) is 0 Å². The standard InChI is InChI=1S/C13H18BrNO2/c1-8(2)3-4-11(15)9-5-12-13(6-10(9)14)17-7-16-12/h5-6,8,11H,3-4,7,15H2,1-2H3/t11-/m1/s1. The number of halogens is 1. The summed E-state index contributed by atoms with van der Waals surface area (Å²) in [7, 11) is 0. The summed E-state index contributed by atoms with van der Waals surface area (Å²) in [6.45, 7) is 4.72. The van der Waals surface area contributed by atoms with Gasteiger partial charge in [0, 0.05) is 10.5 Å². The Morgan fingerprint density at radius 3 is 2.53 bits per heavy atom. The summed E-state index contributed by atoms with van der Waals surface area (Å²) >= 11 is 3.54. The van der Waals surface area contributed by atoms with E-state index >= 15 is 0 Å². The summed E-state index contributed by atoms with van der Waals surface area (Å²) in [6.07, 6.45) is 2.11. The Labute approximate surface area is 110 Å². The van der Waals surface area contributed by atoms with Gasteiger partial charge in [0.05, 0.1) is 0 Å². The zero-order valence-electron chi connectivity index (χ0n) is 10.2. The number of ether oxygens (including phenoxy) is 2. The van der Waals surface area contributed by atoms with Gasteiger partial charge in [-0.1, -0.05) is 29.8 Å². The monoisotopic (exact) mass is 299 g/mol. The van der Waals surface area contributed by atoms with Gasteiger partial charge in [0.15, 0.2) is 11.5 Å². The Kier molecular flexibility index (Phi) is 3.94. The first-order chi connectivity index (χ1) is 8.08. The summed E-state index contributed by atoms with van der Waals surface area (Å²) in [4.78, 5) is 0. The number of hydrogen-bond acceptors (Lipinski definition) is 3. The van der Waals surface area contributed by atoms with Crippen LogP contribution in [0.5, 0.6) is 11.5 Å². The van der Waals surface area contributed by atoms with Crippen molar-refractivity contribution in [1.82, 2.24) is 0 Å². The SMILES string of the molecule is CC(C)CC[C@@H](N)c1cc2c(cc1Br)OCO2. The molecule has 0 aliphatic carbocycles. The van der Waals surface area contributed by atoms with Gasteiger partial charge in [-0.05, 0) is 36.5 Å². The largest absolute Gasteiger partial charge is 0.454 e. The fourth-order valence-corrected chi connectivity index (χ4v) is 2.50. The summed E-state index contributed by atoms with van der Waals surface area (Å²) in [5.74, 6) is 2.26. The van der Waals surface area contributed by atoms with Crippen LogP contribution in [0.3, 0.4) is 0 Å². The van der Waals surface area contributed by atoms with Crippen molar-refractivity contribution in [2.75, 3.05) is 6.79 Å². The second-order valence-corrected chi connectivity index (χ2v) is 5.66. The molecule has 0 spiro atoms. The molecule has 0 amide bonds. The van der Waals surface area contributed by atoms with Crippen LogP contribution in [0.1, 0.15) is 38.3 Å². The van der Waals surface area contributed by atoms with Gasteiger partial charge in [-0.3, -0.25) is 0 Å². The molecular formula is C13H18BrNO2. The molecule has 0 fully saturated rings. The van der Waals surface area contributed by atoms with Gasteiger partial charge in [-0.2, -0.15) is 0 Å². The molecule has 0 saturated carbocycles. The third-order valence-electron chi connectivity index (χ3n) is 2.95. The van der Waals surface area contributed by atoms with Crippen molar-refractivity contribution in [2.24, 2.45) is 11.7 Å². The highest BCUT2D eigenvalue weighted by Gasteiger charge is 2.19. The van der Waals surface area contributed by atoms with Crippen molar-refractivity contribution in [3.63, 3.8) is 0 Å². The summed E-state index contributed by atoms with van der Waals surface area (Å²) in [5.41, 5.74) is 7.30. The Morgan fingerprint density at radius 2 is 1.88 bits per heavy atom. The van der Waals surface area contributed by atoms with Crippen molar-refractivity contribution in [3.05, 3.63) is 22.2 Å². The van der Waals surface area contributed by atoms with E-state index in [9.17, 15) is 0 Å². The highest BCUT2D eigenvalue weighted by Crippen LogP contribution is 2.39. The first-order valence-corrected chi connectivity index (χ1v) is 6.72. The molecule has 17 heavy (non-hydrogen) atoms. The van der Waals surface area contributed by atoms with Crippen LogP contribution in [0.4, 0.5) is 0 Å². The smallest absolute Gasteiger partial charge is 0.231 e. The molecule has 3 nitrogen and oxygen atoms in total. The molecule has 1 aliphatic heterocycles. The topological polar surface area (TPSA) is 44.5 Å². The molecule has 2 N–H and O–H groups in total. The zero-order chi connectivity index (χ0) is 12.4. The number of fused-ring (bicyclic) bond motifs is 1. The minimum atomic E-state index is 0.0428. The summed E-state index contributed by atoms with van der Waals surface area (Å²) < 4.78 is 11.7. The van der Waals surface area contributed by atoms with Crippen molar-refractivity contribution >= 4 is 15.9 Å². The predicted octanol–water partition coefficient (Wildman–Crippen LogP) is 3.61. The molecule has 0 saturated heterocycles. The third kappa shape index (κ3) is 2.93. The average molecular weight is 300 g/mol. The lowest BCUT2D eigenvalue weighted by Crippen LogP contribution is -2.12. The molecule has 1 aromatic carbocycles. The molecule has 0 bridgehead atoms. The van der Waals surface area contributed by atoms with E-state index in [1.54, 1.807) is 0 Å². The summed E-state index contributed by atoms with van der Waals surface area (Å²) in [5, 5.41) is 0. The average Bonchev–Trinajstić information content (AvgIpc) is 2.71. The van der Waals surface area contributed by atoms with Crippen LogP contribution in [-0.2, 0) is 0 Å². The number of benzene rings is 1. The molecule has 4 heteroatoms. The highest BCUT2D eigenvalue weighted by atomic mass is 79.9. The molecule has 0 radical (unpaired) electrons. The maximum absolute atomic E-state index is 6.21. The van der Waals surface area contributed by atoms with Gasteiger partial charge in [0.25, 0.3) is 0 Å². The third-order valence-corrected chi connectivity index (χ3v) is 3.63. The fraction of sp³-hybridized carbons (Fsp3) is 0.538. The predicted molar refractivity (Wildman–Crippen MR) is 71.3 cm³/mol. The number of nitrogens with two attached hydrogens (primary N) is 1. The molecule has 1 aliphatic rings. The molecular weight excluding hydrogens is 282 g/mol. The Balaban J connectivity index is 2.15. The fourth-order valence-electron chi connectivity index (χ4n) is 1.89. The van der Waals surface area contributed by atoms with Crippen molar-refractivity contribution < 1.29 is 9.47 Å². The first kappa shape index (κ1) is 12.7. The van der Waals surface area contributed by atoms with E-state index in [1.165, 1.54) is 0 Å². The molecule has 2 rings (SSSR count). The normalized spacial score (nSPS) is 15.4. The van der Waals surface area contributed by atoms with Crippen LogP contribution in [0.15, 0.2) is 16.6 Å². The van der Waals surface area contributed by atoms with E-state index in [1.807, 2.05) is 12.1 Å². The molecule has 1 heterocycles. The van der Waals surface area contributed by atoms with Crippen LogP contribution in [0.2, 0.25) is 0 Å². The van der Waals surface area contributed by atoms with E-state index in [4.69, 9.17) is 15.2 Å². The van der Waals surface area contributed by atoms with Crippen LogP contribution in [-0.4, -0.2) is 6.79 Å². The van der Waals surface area contributed by atoms with Gasteiger partial charge in [0.1, 0.15) is 0 Å². The molecule has 1 atom stereocenters. The maximum atomic E-state index is 6.21. The van der Waals surface area contributed by atoms with Crippen LogP contribution >= 0.6 is 15.9 Å². The van der Waals surface area contributed by atoms with E-state index in [0.717, 1.165) is 34.4 Å². The Hall–Kier alpha value is -0.740. The molecule has 0 aromatic heterocycles. The molecule has 0 unspecified atom stereocenters. The minimum absolute atomic E-state index is 0.0428. The van der Waals surface area contributed by atoms with Gasteiger partial charge in [0.2, 0.25) is 6.79 Å². The van der Waals surface area contributed by atoms with Crippen LogP contribution in [0, 0.1) is 5.92 Å². The van der Waals surface area contributed by atoms with Crippen molar-refractivity contribution in [1.29, 1.82) is 0 Å². The first-order valence-electron chi connectivity index (χ1n) is 5.92. The van der Waals surface area contributed by atoms with Gasteiger partial charge in [-0.15, -0.1) is 0 Å². The van der Waals surface area contributed by atoms with E-state index < -0.39 is 0 Å².